The number of hydrogen-bond acceptors (Lipinski definition) is 4. The first kappa shape index (κ1) is 17.0. The molecule has 0 aliphatic carbocycles. The van der Waals surface area contributed by atoms with Gasteiger partial charge in [-0.15, -0.1) is 0 Å². The molecule has 0 fully saturated rings. The lowest BCUT2D eigenvalue weighted by atomic mass is 10.1. The van der Waals surface area contributed by atoms with Crippen LogP contribution in [0.5, 0.6) is 0 Å². The van der Waals surface area contributed by atoms with E-state index in [0.29, 0.717) is 5.56 Å². The van der Waals surface area contributed by atoms with E-state index < -0.39 is 22.0 Å². The van der Waals surface area contributed by atoms with Crippen molar-refractivity contribution in [1.29, 1.82) is 0 Å². The minimum absolute atomic E-state index is 0.00492. The second-order valence-corrected chi connectivity index (χ2v) is 6.69. The van der Waals surface area contributed by atoms with E-state index in [2.05, 4.69) is 10.6 Å². The Morgan fingerprint density at radius 3 is 2.24 bits per heavy atom. The fraction of sp³-hybridized carbons (Fsp3) is 0.385. The number of carboxylic acid groups (broad SMARTS) is 1. The highest BCUT2D eigenvalue weighted by molar-refractivity contribution is 7.91. The highest BCUT2D eigenvalue weighted by Crippen LogP contribution is 2.17. The van der Waals surface area contributed by atoms with Crippen molar-refractivity contribution in [1.82, 2.24) is 10.6 Å². The van der Waals surface area contributed by atoms with Gasteiger partial charge in [-0.2, -0.15) is 0 Å². The Morgan fingerprint density at radius 2 is 1.81 bits per heavy atom. The van der Waals surface area contributed by atoms with Crippen LogP contribution >= 0.6 is 0 Å². The largest absolute Gasteiger partial charge is 0.465 e. The van der Waals surface area contributed by atoms with Gasteiger partial charge in [-0.1, -0.05) is 19.1 Å². The summed E-state index contributed by atoms with van der Waals surface area (Å²) in [5.74, 6) is -0.285. The monoisotopic (exact) mass is 314 g/mol. The number of carbonyl (C=O) groups is 2. The van der Waals surface area contributed by atoms with Crippen molar-refractivity contribution in [2.45, 2.75) is 24.8 Å². The Balaban J connectivity index is 2.97. The molecule has 0 heterocycles. The summed E-state index contributed by atoms with van der Waals surface area (Å²) < 4.78 is 23.4. The third-order valence-corrected chi connectivity index (χ3v) is 4.62. The molecule has 7 nitrogen and oxygen atoms in total. The van der Waals surface area contributed by atoms with Crippen LogP contribution in [-0.2, 0) is 14.6 Å². The van der Waals surface area contributed by atoms with Gasteiger partial charge in [0.05, 0.1) is 16.7 Å². The molecule has 0 aliphatic heterocycles. The number of nitrogens with one attached hydrogen (secondary N) is 2. The van der Waals surface area contributed by atoms with E-state index >= 15 is 0 Å². The van der Waals surface area contributed by atoms with Crippen LogP contribution < -0.4 is 10.6 Å². The van der Waals surface area contributed by atoms with E-state index in [4.69, 9.17) is 5.11 Å². The summed E-state index contributed by atoms with van der Waals surface area (Å²) >= 11 is 0. The minimum Gasteiger partial charge on any atom is -0.465 e. The molecule has 1 rings (SSSR count). The zero-order chi connectivity index (χ0) is 16.0. The second-order valence-electron chi connectivity index (χ2n) is 4.41. The van der Waals surface area contributed by atoms with E-state index in [9.17, 15) is 18.0 Å². The average Bonchev–Trinajstić information content (AvgIpc) is 2.43. The van der Waals surface area contributed by atoms with Gasteiger partial charge in [0.1, 0.15) is 0 Å². The lowest BCUT2D eigenvalue weighted by Crippen LogP contribution is -2.36. The van der Waals surface area contributed by atoms with Crippen molar-refractivity contribution in [3.05, 3.63) is 29.8 Å². The Bertz CT molecular complexity index is 610. The molecule has 21 heavy (non-hydrogen) atoms. The average molecular weight is 314 g/mol. The predicted octanol–water partition coefficient (Wildman–Crippen LogP) is 0.925. The Kier molecular flexibility index (Phi) is 5.71. The third kappa shape index (κ3) is 5.07. The zero-order valence-electron chi connectivity index (χ0n) is 11.8. The lowest BCUT2D eigenvalue weighted by molar-refractivity contribution is -0.119. The molecular weight excluding hydrogens is 296 g/mol. The maximum atomic E-state index is 11.7. The first-order valence-corrected chi connectivity index (χ1v) is 7.98. The molecule has 0 bridgehead atoms. The van der Waals surface area contributed by atoms with Crippen LogP contribution in [0.25, 0.3) is 0 Å². The van der Waals surface area contributed by atoms with Crippen molar-refractivity contribution < 1.29 is 23.1 Å². The molecule has 0 radical (unpaired) electrons. The molecule has 0 aliphatic rings. The van der Waals surface area contributed by atoms with Crippen molar-refractivity contribution in [3.8, 4) is 0 Å². The van der Waals surface area contributed by atoms with Gasteiger partial charge < -0.3 is 15.7 Å². The summed E-state index contributed by atoms with van der Waals surface area (Å²) in [5.41, 5.74) is 0.571. The second kappa shape index (κ2) is 7.07. The summed E-state index contributed by atoms with van der Waals surface area (Å²) in [4.78, 5) is 21.9. The SMILES string of the molecule is CCS(=O)(=O)c1ccc(C(CNC(C)=O)NC(=O)O)cc1. The van der Waals surface area contributed by atoms with Gasteiger partial charge in [0, 0.05) is 13.5 Å². The number of rotatable bonds is 6. The van der Waals surface area contributed by atoms with Gasteiger partial charge in [0.25, 0.3) is 0 Å². The highest BCUT2D eigenvalue weighted by atomic mass is 32.2. The maximum Gasteiger partial charge on any atom is 0.405 e. The Hall–Kier alpha value is -2.09. The van der Waals surface area contributed by atoms with Gasteiger partial charge in [-0.05, 0) is 17.7 Å². The van der Waals surface area contributed by atoms with Crippen LogP contribution in [0.4, 0.5) is 4.79 Å². The molecule has 116 valence electrons. The summed E-state index contributed by atoms with van der Waals surface area (Å²) in [7, 11) is -3.30. The number of amides is 2. The number of hydrogen-bond donors (Lipinski definition) is 3. The summed E-state index contributed by atoms with van der Waals surface area (Å²) in [6.07, 6.45) is -1.23. The van der Waals surface area contributed by atoms with E-state index in [0.717, 1.165) is 0 Å². The quantitative estimate of drug-likeness (QED) is 0.723. The molecule has 0 saturated heterocycles. The molecule has 2 amide bonds. The maximum absolute atomic E-state index is 11.7. The van der Waals surface area contributed by atoms with Crippen LogP contribution in [0.3, 0.4) is 0 Å². The summed E-state index contributed by atoms with van der Waals surface area (Å²) in [5, 5.41) is 13.6. The standard InChI is InChI=1S/C13H18N2O5S/c1-3-21(19,20)11-6-4-10(5-7-11)12(15-13(17)18)8-14-9(2)16/h4-7,12,15H,3,8H2,1-2H3,(H,14,16)(H,17,18). The first-order valence-electron chi connectivity index (χ1n) is 6.33. The molecule has 1 aromatic rings. The summed E-state index contributed by atoms with van der Waals surface area (Å²) in [6.45, 7) is 2.96. The minimum atomic E-state index is -3.30. The van der Waals surface area contributed by atoms with Crippen molar-refractivity contribution >= 4 is 21.8 Å². The van der Waals surface area contributed by atoms with Gasteiger partial charge in [0.2, 0.25) is 5.91 Å². The van der Waals surface area contributed by atoms with Crippen LogP contribution in [0.2, 0.25) is 0 Å². The van der Waals surface area contributed by atoms with E-state index in [-0.39, 0.29) is 23.1 Å². The molecule has 1 aromatic carbocycles. The fourth-order valence-corrected chi connectivity index (χ4v) is 2.61. The van der Waals surface area contributed by atoms with Crippen LogP contribution in [-0.4, -0.2) is 37.8 Å². The van der Waals surface area contributed by atoms with E-state index in [1.807, 2.05) is 0 Å². The van der Waals surface area contributed by atoms with Gasteiger partial charge in [-0.3, -0.25) is 4.79 Å². The van der Waals surface area contributed by atoms with Gasteiger partial charge in [-0.25, -0.2) is 13.2 Å². The fourth-order valence-electron chi connectivity index (χ4n) is 1.72. The molecule has 1 atom stereocenters. The van der Waals surface area contributed by atoms with Crippen molar-refractivity contribution in [2.75, 3.05) is 12.3 Å². The van der Waals surface area contributed by atoms with Crippen molar-refractivity contribution in [3.63, 3.8) is 0 Å². The molecule has 8 heteroatoms. The first-order chi connectivity index (χ1) is 9.76. The Morgan fingerprint density at radius 1 is 1.24 bits per heavy atom. The zero-order valence-corrected chi connectivity index (χ0v) is 12.6. The van der Waals surface area contributed by atoms with E-state index in [1.165, 1.54) is 31.2 Å². The molecule has 0 spiro atoms. The number of carbonyl (C=O) groups excluding carboxylic acids is 1. The lowest BCUT2D eigenvalue weighted by Gasteiger charge is -2.18. The van der Waals surface area contributed by atoms with Gasteiger partial charge >= 0.3 is 6.09 Å². The number of benzene rings is 1. The molecule has 1 unspecified atom stereocenters. The Labute approximate surface area is 123 Å². The molecule has 0 aromatic heterocycles. The molecular formula is C13H18N2O5S. The normalized spacial score (nSPS) is 12.5. The summed E-state index contributed by atoms with van der Waals surface area (Å²) in [6, 6.07) is 5.28. The molecule has 3 N–H and O–H groups in total. The van der Waals surface area contributed by atoms with Crippen LogP contribution in [0.1, 0.15) is 25.5 Å². The van der Waals surface area contributed by atoms with Crippen LogP contribution in [0, 0.1) is 0 Å². The predicted molar refractivity (Wildman–Crippen MR) is 76.8 cm³/mol. The van der Waals surface area contributed by atoms with Gasteiger partial charge in [0.15, 0.2) is 9.84 Å². The van der Waals surface area contributed by atoms with E-state index in [1.54, 1.807) is 6.92 Å². The topological polar surface area (TPSA) is 113 Å². The van der Waals surface area contributed by atoms with Crippen molar-refractivity contribution in [2.24, 2.45) is 0 Å². The highest BCUT2D eigenvalue weighted by Gasteiger charge is 2.16. The molecule has 0 saturated carbocycles. The smallest absolute Gasteiger partial charge is 0.405 e. The third-order valence-electron chi connectivity index (χ3n) is 2.87. The van der Waals surface area contributed by atoms with Crippen LogP contribution in [0.15, 0.2) is 29.2 Å². The number of sulfone groups is 1.